The van der Waals surface area contributed by atoms with Crippen molar-refractivity contribution >= 4 is 28.5 Å². The molecular weight excluding hydrogens is 206 g/mol. The summed E-state index contributed by atoms with van der Waals surface area (Å²) in [5, 5.41) is 10.3. The van der Waals surface area contributed by atoms with E-state index in [-0.39, 0.29) is 5.15 Å². The second-order valence-corrected chi connectivity index (χ2v) is 2.94. The number of para-hydroxylation sites is 2. The summed E-state index contributed by atoms with van der Waals surface area (Å²) in [6.45, 7) is 0. The average Bonchev–Trinajstić information content (AvgIpc) is 2.16. The summed E-state index contributed by atoms with van der Waals surface area (Å²) in [4.78, 5) is 17.5. The van der Waals surface area contributed by atoms with Crippen molar-refractivity contribution in [1.82, 2.24) is 9.97 Å². The molecule has 1 aromatic carbocycles. The van der Waals surface area contributed by atoms with Gasteiger partial charge in [0.2, 0.25) is 10.7 Å². The molecule has 0 aliphatic heterocycles. The van der Waals surface area contributed by atoms with Crippen LogP contribution < -0.4 is 0 Å². The molecule has 0 radical (unpaired) electrons. The van der Waals surface area contributed by atoms with Gasteiger partial charge in [0.15, 0.2) is 0 Å². The van der Waals surface area contributed by atoms with Crippen molar-refractivity contribution in [2.75, 3.05) is 0 Å². The van der Waals surface area contributed by atoms with E-state index < -0.39 is 10.7 Å². The number of rotatable bonds is 1. The molecular formula is C8H4ClN3O2. The Morgan fingerprint density at radius 1 is 1.21 bits per heavy atom. The van der Waals surface area contributed by atoms with E-state index in [4.69, 9.17) is 11.6 Å². The van der Waals surface area contributed by atoms with Crippen molar-refractivity contribution in [3.8, 4) is 0 Å². The standard InChI is InChI=1S/C8H4ClN3O2/c9-7-8(12(13)14)11-6-4-2-1-3-5(6)10-7/h1-4H. The van der Waals surface area contributed by atoms with E-state index in [1.54, 1.807) is 24.3 Å². The maximum atomic E-state index is 10.5. The number of halogens is 1. The molecule has 1 aromatic heterocycles. The minimum atomic E-state index is -0.651. The van der Waals surface area contributed by atoms with Crippen molar-refractivity contribution in [2.24, 2.45) is 0 Å². The van der Waals surface area contributed by atoms with Gasteiger partial charge in [-0.2, -0.15) is 0 Å². The smallest absolute Gasteiger partial charge is 0.358 e. The molecule has 2 rings (SSSR count). The Bertz CT molecular complexity index is 515. The number of hydrogen-bond donors (Lipinski definition) is 0. The summed E-state index contributed by atoms with van der Waals surface area (Å²) >= 11 is 5.58. The van der Waals surface area contributed by atoms with Crippen LogP contribution in [0.1, 0.15) is 0 Å². The normalized spacial score (nSPS) is 10.4. The Labute approximate surface area is 83.5 Å². The molecule has 0 amide bonds. The lowest BCUT2D eigenvalue weighted by atomic mass is 10.3. The molecule has 70 valence electrons. The van der Waals surface area contributed by atoms with Crippen molar-refractivity contribution in [3.05, 3.63) is 39.5 Å². The molecule has 5 nitrogen and oxygen atoms in total. The highest BCUT2D eigenvalue weighted by molar-refractivity contribution is 6.31. The molecule has 0 bridgehead atoms. The number of fused-ring (bicyclic) bond motifs is 1. The number of hydrogen-bond acceptors (Lipinski definition) is 4. The zero-order chi connectivity index (χ0) is 10.1. The summed E-state index contributed by atoms with van der Waals surface area (Å²) in [7, 11) is 0. The van der Waals surface area contributed by atoms with Gasteiger partial charge >= 0.3 is 5.82 Å². The third-order valence-corrected chi connectivity index (χ3v) is 1.94. The maximum Gasteiger partial charge on any atom is 0.402 e. The number of nitrogens with zero attached hydrogens (tertiary/aromatic N) is 3. The molecule has 0 saturated carbocycles. The molecule has 14 heavy (non-hydrogen) atoms. The van der Waals surface area contributed by atoms with E-state index in [2.05, 4.69) is 9.97 Å². The first kappa shape index (κ1) is 8.83. The summed E-state index contributed by atoms with van der Waals surface area (Å²) in [6, 6.07) is 6.83. The van der Waals surface area contributed by atoms with Crippen molar-refractivity contribution in [3.63, 3.8) is 0 Å². The van der Waals surface area contributed by atoms with Gasteiger partial charge < -0.3 is 10.1 Å². The Balaban J connectivity index is 2.77. The molecule has 0 aliphatic rings. The lowest BCUT2D eigenvalue weighted by Gasteiger charge is -1.95. The van der Waals surface area contributed by atoms with E-state index in [1.165, 1.54) is 0 Å². The molecule has 0 N–H and O–H groups in total. The highest BCUT2D eigenvalue weighted by Crippen LogP contribution is 2.22. The van der Waals surface area contributed by atoms with Gasteiger partial charge in [0.25, 0.3) is 0 Å². The Morgan fingerprint density at radius 2 is 1.79 bits per heavy atom. The lowest BCUT2D eigenvalue weighted by Crippen LogP contribution is -1.95. The van der Waals surface area contributed by atoms with Crippen LogP contribution in [0, 0.1) is 10.1 Å². The molecule has 0 aliphatic carbocycles. The number of aromatic nitrogens is 2. The minimum absolute atomic E-state index is 0.186. The van der Waals surface area contributed by atoms with E-state index in [1.807, 2.05) is 0 Å². The van der Waals surface area contributed by atoms with Crippen LogP contribution in [-0.2, 0) is 0 Å². The molecule has 0 saturated heterocycles. The van der Waals surface area contributed by atoms with Gasteiger partial charge in [0.05, 0.1) is 0 Å². The molecule has 0 spiro atoms. The average molecular weight is 210 g/mol. The predicted molar refractivity (Wildman–Crippen MR) is 51.2 cm³/mol. The number of benzene rings is 1. The van der Waals surface area contributed by atoms with Crippen molar-refractivity contribution < 1.29 is 4.92 Å². The molecule has 6 heteroatoms. The molecule has 0 fully saturated rings. The van der Waals surface area contributed by atoms with Crippen molar-refractivity contribution in [1.29, 1.82) is 0 Å². The third kappa shape index (κ3) is 1.38. The van der Waals surface area contributed by atoms with Crippen LogP contribution in [0.15, 0.2) is 24.3 Å². The maximum absolute atomic E-state index is 10.5. The fourth-order valence-electron chi connectivity index (χ4n) is 1.09. The molecule has 2 aromatic rings. The zero-order valence-electron chi connectivity index (χ0n) is 6.85. The zero-order valence-corrected chi connectivity index (χ0v) is 7.60. The van der Waals surface area contributed by atoms with Gasteiger partial charge in [-0.25, -0.2) is 4.98 Å². The van der Waals surface area contributed by atoms with Crippen LogP contribution in [0.4, 0.5) is 5.82 Å². The molecule has 0 unspecified atom stereocenters. The molecule has 1 heterocycles. The first-order valence-corrected chi connectivity index (χ1v) is 4.13. The second kappa shape index (κ2) is 3.19. The fraction of sp³-hybridized carbons (Fsp3) is 0. The van der Waals surface area contributed by atoms with Crippen LogP contribution in [0.25, 0.3) is 11.0 Å². The van der Waals surface area contributed by atoms with Crippen LogP contribution in [0.3, 0.4) is 0 Å². The van der Waals surface area contributed by atoms with Crippen LogP contribution in [0.5, 0.6) is 0 Å². The molecule has 0 atom stereocenters. The quantitative estimate of drug-likeness (QED) is 0.533. The predicted octanol–water partition coefficient (Wildman–Crippen LogP) is 2.19. The highest BCUT2D eigenvalue weighted by Gasteiger charge is 2.17. The van der Waals surface area contributed by atoms with Crippen LogP contribution in [0.2, 0.25) is 5.15 Å². The Kier molecular flexibility index (Phi) is 2.01. The topological polar surface area (TPSA) is 68.9 Å². The van der Waals surface area contributed by atoms with E-state index >= 15 is 0 Å². The van der Waals surface area contributed by atoms with Gasteiger partial charge in [0, 0.05) is 0 Å². The van der Waals surface area contributed by atoms with Crippen molar-refractivity contribution in [2.45, 2.75) is 0 Å². The van der Waals surface area contributed by atoms with Gasteiger partial charge in [0.1, 0.15) is 5.52 Å². The SMILES string of the molecule is O=[N+]([O-])c1nc2ccccc2nc1Cl. The highest BCUT2D eigenvalue weighted by atomic mass is 35.5. The lowest BCUT2D eigenvalue weighted by molar-refractivity contribution is -0.389. The first-order chi connectivity index (χ1) is 6.68. The summed E-state index contributed by atoms with van der Waals surface area (Å²) in [5.41, 5.74) is 1.01. The second-order valence-electron chi connectivity index (χ2n) is 2.58. The summed E-state index contributed by atoms with van der Waals surface area (Å²) < 4.78 is 0. The van der Waals surface area contributed by atoms with E-state index in [9.17, 15) is 10.1 Å². The van der Waals surface area contributed by atoms with Gasteiger partial charge in [-0.05, 0) is 22.0 Å². The van der Waals surface area contributed by atoms with E-state index in [0.717, 1.165) is 0 Å². The first-order valence-electron chi connectivity index (χ1n) is 3.75. The Hall–Kier alpha value is -1.75. The van der Waals surface area contributed by atoms with Gasteiger partial charge in [-0.3, -0.25) is 0 Å². The van der Waals surface area contributed by atoms with Gasteiger partial charge in [-0.1, -0.05) is 23.7 Å². The van der Waals surface area contributed by atoms with Crippen LogP contribution in [-0.4, -0.2) is 14.9 Å². The minimum Gasteiger partial charge on any atom is -0.358 e. The monoisotopic (exact) mass is 209 g/mol. The van der Waals surface area contributed by atoms with Gasteiger partial charge in [-0.15, -0.1) is 0 Å². The largest absolute Gasteiger partial charge is 0.402 e. The van der Waals surface area contributed by atoms with Crippen LogP contribution >= 0.6 is 11.6 Å². The third-order valence-electron chi connectivity index (χ3n) is 1.68. The summed E-state index contributed by atoms with van der Waals surface area (Å²) in [5.74, 6) is -0.412. The van der Waals surface area contributed by atoms with E-state index in [0.29, 0.717) is 11.0 Å². The fourth-order valence-corrected chi connectivity index (χ4v) is 1.29. The number of nitro groups is 1. The Morgan fingerprint density at radius 3 is 2.36 bits per heavy atom. The summed E-state index contributed by atoms with van der Waals surface area (Å²) in [6.07, 6.45) is 0.